The largest absolute Gasteiger partial charge is 0.491 e. The fraction of sp³-hybridized carbons (Fsp3) is 0.409. The van der Waals surface area contributed by atoms with Gasteiger partial charge in [0, 0.05) is 36.7 Å². The van der Waals surface area contributed by atoms with Gasteiger partial charge in [-0.2, -0.15) is 0 Å². The Kier molecular flexibility index (Phi) is 6.08. The summed E-state index contributed by atoms with van der Waals surface area (Å²) < 4.78 is 29.7. The number of benzene rings is 2. The number of aromatic nitrogens is 1. The lowest BCUT2D eigenvalue weighted by molar-refractivity contribution is 0.0459. The Labute approximate surface area is 168 Å². The summed E-state index contributed by atoms with van der Waals surface area (Å²) in [4.78, 5) is 2.26. The highest BCUT2D eigenvalue weighted by molar-refractivity contribution is 5.91. The molecule has 1 fully saturated rings. The number of ether oxygens (including phenoxy) is 2. The lowest BCUT2D eigenvalue weighted by atomic mass is 10.1. The summed E-state index contributed by atoms with van der Waals surface area (Å²) in [5, 5.41) is 15.0. The van der Waals surface area contributed by atoms with Gasteiger partial charge in [-0.1, -0.05) is 5.16 Å². The molecule has 1 N–H and O–H groups in total. The van der Waals surface area contributed by atoms with Crippen LogP contribution in [0.3, 0.4) is 0 Å². The van der Waals surface area contributed by atoms with E-state index in [4.69, 9.17) is 14.0 Å². The fourth-order valence-corrected chi connectivity index (χ4v) is 3.86. The zero-order valence-corrected chi connectivity index (χ0v) is 16.4. The molecule has 0 amide bonds. The molecule has 6 nitrogen and oxygen atoms in total. The molecule has 1 aliphatic heterocycles. The number of halogens is 1. The second-order valence-corrected chi connectivity index (χ2v) is 7.41. The van der Waals surface area contributed by atoms with E-state index in [1.54, 1.807) is 13.2 Å². The minimum absolute atomic E-state index is 0.222. The number of nitrogens with zero attached hydrogens (tertiary/aromatic N) is 2. The summed E-state index contributed by atoms with van der Waals surface area (Å²) in [5.41, 5.74) is 1.31. The molecule has 1 saturated heterocycles. The third-order valence-electron chi connectivity index (χ3n) is 5.30. The first-order chi connectivity index (χ1) is 14.1. The molecule has 1 aliphatic rings. The average Bonchev–Trinajstić information content (AvgIpc) is 3.34. The molecular formula is C22H25FN2O4. The Morgan fingerprint density at radius 3 is 2.90 bits per heavy atom. The second-order valence-electron chi connectivity index (χ2n) is 7.41. The third-order valence-corrected chi connectivity index (χ3v) is 5.30. The molecule has 154 valence electrons. The predicted octanol–water partition coefficient (Wildman–Crippen LogP) is 3.48. The van der Waals surface area contributed by atoms with Crippen molar-refractivity contribution in [1.82, 2.24) is 10.1 Å². The van der Waals surface area contributed by atoms with Crippen LogP contribution in [0.25, 0.3) is 22.2 Å². The molecule has 2 atom stereocenters. The monoisotopic (exact) mass is 400 g/mol. The molecule has 0 spiro atoms. The molecule has 2 aromatic carbocycles. The summed E-state index contributed by atoms with van der Waals surface area (Å²) in [6.07, 6.45) is 1.66. The van der Waals surface area contributed by atoms with Crippen molar-refractivity contribution in [3.8, 4) is 17.1 Å². The first-order valence-corrected chi connectivity index (χ1v) is 9.83. The number of aliphatic hydroxyl groups is 1. The number of hydrogen-bond acceptors (Lipinski definition) is 6. The lowest BCUT2D eigenvalue weighted by Gasteiger charge is -2.26. The number of β-amino-alcohol motifs (C(OH)–C–C–N with tert-alkyl or cyclic N) is 1. The normalized spacial score (nSPS) is 18.4. The van der Waals surface area contributed by atoms with Crippen LogP contribution < -0.4 is 4.74 Å². The van der Waals surface area contributed by atoms with E-state index in [0.29, 0.717) is 36.2 Å². The summed E-state index contributed by atoms with van der Waals surface area (Å²) in [7, 11) is 1.71. The minimum Gasteiger partial charge on any atom is -0.491 e. The molecule has 29 heavy (non-hydrogen) atoms. The van der Waals surface area contributed by atoms with Gasteiger partial charge >= 0.3 is 0 Å². The fourth-order valence-electron chi connectivity index (χ4n) is 3.86. The number of rotatable bonds is 8. The van der Waals surface area contributed by atoms with Crippen molar-refractivity contribution in [1.29, 1.82) is 0 Å². The van der Waals surface area contributed by atoms with Crippen molar-refractivity contribution in [2.75, 3.05) is 33.4 Å². The average molecular weight is 400 g/mol. The highest BCUT2D eigenvalue weighted by atomic mass is 19.1. The van der Waals surface area contributed by atoms with Gasteiger partial charge in [-0.05, 0) is 55.8 Å². The number of fused-ring (bicyclic) bond motifs is 1. The van der Waals surface area contributed by atoms with Crippen LogP contribution >= 0.6 is 0 Å². The van der Waals surface area contributed by atoms with E-state index in [1.807, 2.05) is 24.3 Å². The smallest absolute Gasteiger partial charge is 0.174 e. The molecule has 7 heteroatoms. The Morgan fingerprint density at radius 1 is 1.28 bits per heavy atom. The highest BCUT2D eigenvalue weighted by Gasteiger charge is 2.26. The standard InChI is InChI=1S/C22H25FN2O4/c1-27-13-17-3-2-10-25(17)12-18(26)14-28-19-7-4-15(5-8-19)22-20-9-6-16(23)11-21(20)24-29-22/h4-9,11,17-18,26H,2-3,10,12-14H2,1H3/t17-,18-/m1/s1. The molecule has 2 heterocycles. The Balaban J connectivity index is 1.34. The third kappa shape index (κ3) is 4.58. The van der Waals surface area contributed by atoms with E-state index in [9.17, 15) is 9.50 Å². The number of methoxy groups -OCH3 is 1. The molecule has 4 rings (SSSR count). The van der Waals surface area contributed by atoms with Gasteiger partial charge in [0.1, 0.15) is 29.8 Å². The van der Waals surface area contributed by atoms with Crippen molar-refractivity contribution in [2.24, 2.45) is 0 Å². The van der Waals surface area contributed by atoms with E-state index >= 15 is 0 Å². The van der Waals surface area contributed by atoms with Gasteiger partial charge in [0.15, 0.2) is 5.76 Å². The van der Waals surface area contributed by atoms with Crippen LogP contribution in [-0.4, -0.2) is 60.7 Å². The molecule has 3 aromatic rings. The Bertz CT molecular complexity index is 944. The molecule has 0 bridgehead atoms. The van der Waals surface area contributed by atoms with E-state index in [-0.39, 0.29) is 12.4 Å². The molecule has 0 aliphatic carbocycles. The highest BCUT2D eigenvalue weighted by Crippen LogP contribution is 2.30. The van der Waals surface area contributed by atoms with Gasteiger partial charge in [0.2, 0.25) is 0 Å². The zero-order valence-electron chi connectivity index (χ0n) is 16.4. The van der Waals surface area contributed by atoms with Crippen molar-refractivity contribution in [3.63, 3.8) is 0 Å². The van der Waals surface area contributed by atoms with Crippen LogP contribution in [0.1, 0.15) is 12.8 Å². The van der Waals surface area contributed by atoms with E-state index < -0.39 is 6.10 Å². The summed E-state index contributed by atoms with van der Waals surface area (Å²) in [6.45, 7) is 2.47. The molecule has 0 radical (unpaired) electrons. The zero-order chi connectivity index (χ0) is 20.2. The minimum atomic E-state index is -0.569. The quantitative estimate of drug-likeness (QED) is 0.624. The first kappa shape index (κ1) is 19.8. The summed E-state index contributed by atoms with van der Waals surface area (Å²) >= 11 is 0. The maximum Gasteiger partial charge on any atom is 0.174 e. The van der Waals surface area contributed by atoms with Crippen LogP contribution in [-0.2, 0) is 4.74 Å². The Hall–Kier alpha value is -2.48. The summed E-state index contributed by atoms with van der Waals surface area (Å²) in [6, 6.07) is 12.1. The van der Waals surface area contributed by atoms with Crippen molar-refractivity contribution in [3.05, 3.63) is 48.3 Å². The van der Waals surface area contributed by atoms with Crippen molar-refractivity contribution >= 4 is 10.9 Å². The second kappa shape index (κ2) is 8.90. The van der Waals surface area contributed by atoms with Crippen LogP contribution in [0.4, 0.5) is 4.39 Å². The number of aliphatic hydroxyl groups excluding tert-OH is 1. The van der Waals surface area contributed by atoms with E-state index in [0.717, 1.165) is 30.3 Å². The molecule has 0 unspecified atom stereocenters. The van der Waals surface area contributed by atoms with Gasteiger partial charge in [0.05, 0.1) is 6.61 Å². The van der Waals surface area contributed by atoms with Gasteiger partial charge < -0.3 is 19.1 Å². The topological polar surface area (TPSA) is 68.0 Å². The maximum absolute atomic E-state index is 13.3. The van der Waals surface area contributed by atoms with Crippen LogP contribution in [0, 0.1) is 5.82 Å². The first-order valence-electron chi connectivity index (χ1n) is 9.83. The Morgan fingerprint density at radius 2 is 2.10 bits per heavy atom. The van der Waals surface area contributed by atoms with E-state index in [1.165, 1.54) is 12.1 Å². The van der Waals surface area contributed by atoms with Gasteiger partial charge in [-0.15, -0.1) is 0 Å². The number of hydrogen-bond donors (Lipinski definition) is 1. The summed E-state index contributed by atoms with van der Waals surface area (Å²) in [5.74, 6) is 0.907. The van der Waals surface area contributed by atoms with Crippen molar-refractivity contribution < 1.29 is 23.5 Å². The van der Waals surface area contributed by atoms with Crippen LogP contribution in [0.5, 0.6) is 5.75 Å². The van der Waals surface area contributed by atoms with Crippen LogP contribution in [0.15, 0.2) is 47.0 Å². The van der Waals surface area contributed by atoms with Crippen molar-refractivity contribution in [2.45, 2.75) is 25.0 Å². The predicted molar refractivity (Wildman–Crippen MR) is 107 cm³/mol. The lowest BCUT2D eigenvalue weighted by Crippen LogP contribution is -2.40. The molecule has 1 aromatic heterocycles. The maximum atomic E-state index is 13.3. The molecule has 0 saturated carbocycles. The van der Waals surface area contributed by atoms with E-state index in [2.05, 4.69) is 10.1 Å². The van der Waals surface area contributed by atoms with Gasteiger partial charge in [0.25, 0.3) is 0 Å². The molecular weight excluding hydrogens is 375 g/mol. The van der Waals surface area contributed by atoms with Gasteiger partial charge in [-0.3, -0.25) is 4.90 Å². The van der Waals surface area contributed by atoms with Crippen LogP contribution in [0.2, 0.25) is 0 Å². The number of likely N-dealkylation sites (tertiary alicyclic amines) is 1. The van der Waals surface area contributed by atoms with Gasteiger partial charge in [-0.25, -0.2) is 4.39 Å². The SMILES string of the molecule is COC[C@H]1CCCN1C[C@@H](O)COc1ccc(-c2onc3cc(F)ccc23)cc1.